The summed E-state index contributed by atoms with van der Waals surface area (Å²) in [5.74, 6) is 0.848. The summed E-state index contributed by atoms with van der Waals surface area (Å²) < 4.78 is 0. The molecule has 3 nitrogen and oxygen atoms in total. The van der Waals surface area contributed by atoms with E-state index in [1.807, 2.05) is 19.2 Å². The molecule has 0 aliphatic rings. The molecule has 0 aliphatic heterocycles. The van der Waals surface area contributed by atoms with Crippen molar-refractivity contribution in [2.75, 3.05) is 6.54 Å². The lowest BCUT2D eigenvalue weighted by Gasteiger charge is -2.11. The van der Waals surface area contributed by atoms with Crippen LogP contribution >= 0.6 is 0 Å². The molecule has 0 bridgehead atoms. The van der Waals surface area contributed by atoms with Gasteiger partial charge in [-0.15, -0.1) is 0 Å². The van der Waals surface area contributed by atoms with Gasteiger partial charge in [-0.1, -0.05) is 6.92 Å². The minimum Gasteiger partial charge on any atom is -0.314 e. The van der Waals surface area contributed by atoms with Crippen LogP contribution in [0.1, 0.15) is 25.4 Å². The van der Waals surface area contributed by atoms with Crippen molar-refractivity contribution in [2.45, 2.75) is 33.2 Å². The van der Waals surface area contributed by atoms with E-state index in [0.717, 1.165) is 24.5 Å². The Morgan fingerprint density at radius 3 is 2.92 bits per heavy atom. The molecule has 0 fully saturated rings. The summed E-state index contributed by atoms with van der Waals surface area (Å²) in [5, 5.41) is 3.35. The Balaban J connectivity index is 2.53. The van der Waals surface area contributed by atoms with E-state index in [1.165, 1.54) is 0 Å². The van der Waals surface area contributed by atoms with Gasteiger partial charge in [0.15, 0.2) is 0 Å². The summed E-state index contributed by atoms with van der Waals surface area (Å²) in [4.78, 5) is 8.41. The number of hydrogen-bond donors (Lipinski definition) is 1. The van der Waals surface area contributed by atoms with Gasteiger partial charge in [0.05, 0.1) is 0 Å². The fraction of sp³-hybridized carbons (Fsp3) is 0.600. The lowest BCUT2D eigenvalue weighted by atomic mass is 10.2. The molecule has 0 aliphatic carbocycles. The molecule has 0 amide bonds. The zero-order chi connectivity index (χ0) is 9.68. The maximum Gasteiger partial charge on any atom is 0.125 e. The average Bonchev–Trinajstić information content (AvgIpc) is 2.04. The zero-order valence-electron chi connectivity index (χ0n) is 8.54. The summed E-state index contributed by atoms with van der Waals surface area (Å²) >= 11 is 0. The largest absolute Gasteiger partial charge is 0.314 e. The highest BCUT2D eigenvalue weighted by Crippen LogP contribution is 1.99. The van der Waals surface area contributed by atoms with E-state index >= 15 is 0 Å². The van der Waals surface area contributed by atoms with Crippen LogP contribution in [0.15, 0.2) is 12.3 Å². The minimum absolute atomic E-state index is 0.485. The molecule has 0 aromatic carbocycles. The van der Waals surface area contributed by atoms with E-state index in [1.54, 1.807) is 0 Å². The van der Waals surface area contributed by atoms with Crippen LogP contribution in [0.4, 0.5) is 0 Å². The molecule has 1 atom stereocenters. The fourth-order valence-electron chi connectivity index (χ4n) is 1.35. The number of aromatic nitrogens is 2. The maximum atomic E-state index is 4.34. The average molecular weight is 179 g/mol. The minimum atomic E-state index is 0.485. The second kappa shape index (κ2) is 4.92. The van der Waals surface area contributed by atoms with E-state index in [9.17, 15) is 0 Å². The molecule has 1 aromatic heterocycles. The summed E-state index contributed by atoms with van der Waals surface area (Å²) in [7, 11) is 0. The van der Waals surface area contributed by atoms with Gasteiger partial charge in [-0.05, 0) is 26.5 Å². The summed E-state index contributed by atoms with van der Waals surface area (Å²) in [6.07, 6.45) is 2.79. The zero-order valence-corrected chi connectivity index (χ0v) is 8.54. The van der Waals surface area contributed by atoms with Crippen LogP contribution in [-0.2, 0) is 6.42 Å². The van der Waals surface area contributed by atoms with E-state index in [2.05, 4.69) is 29.1 Å². The Hall–Kier alpha value is -0.960. The number of nitrogens with one attached hydrogen (secondary N) is 1. The molecule has 72 valence electrons. The smallest absolute Gasteiger partial charge is 0.125 e. The number of likely N-dealkylation sites (N-methyl/N-ethyl adjacent to an activating group) is 1. The van der Waals surface area contributed by atoms with E-state index in [-0.39, 0.29) is 0 Å². The Morgan fingerprint density at radius 2 is 2.31 bits per heavy atom. The fourth-order valence-corrected chi connectivity index (χ4v) is 1.35. The predicted octanol–water partition coefficient (Wildman–Crippen LogP) is 1.33. The third-order valence-electron chi connectivity index (χ3n) is 1.90. The first kappa shape index (κ1) is 10.1. The van der Waals surface area contributed by atoms with Gasteiger partial charge in [0.2, 0.25) is 0 Å². The van der Waals surface area contributed by atoms with Crippen molar-refractivity contribution in [2.24, 2.45) is 0 Å². The number of aryl methyl sites for hydroxylation is 1. The van der Waals surface area contributed by atoms with Crippen molar-refractivity contribution < 1.29 is 0 Å². The quantitative estimate of drug-likeness (QED) is 0.757. The molecule has 0 saturated carbocycles. The molecule has 0 saturated heterocycles. The molecule has 1 unspecified atom stereocenters. The Morgan fingerprint density at radius 1 is 1.54 bits per heavy atom. The predicted molar refractivity (Wildman–Crippen MR) is 53.6 cm³/mol. The highest BCUT2D eigenvalue weighted by Gasteiger charge is 2.02. The molecule has 3 heteroatoms. The van der Waals surface area contributed by atoms with Gasteiger partial charge in [-0.3, -0.25) is 0 Å². The molecular formula is C10H17N3. The monoisotopic (exact) mass is 179 g/mol. The van der Waals surface area contributed by atoms with Gasteiger partial charge in [0.25, 0.3) is 0 Å². The molecule has 13 heavy (non-hydrogen) atoms. The lowest BCUT2D eigenvalue weighted by Crippen LogP contribution is -2.28. The number of rotatable bonds is 4. The van der Waals surface area contributed by atoms with Crippen molar-refractivity contribution in [1.29, 1.82) is 0 Å². The Bertz CT molecular complexity index is 260. The van der Waals surface area contributed by atoms with Crippen LogP contribution in [0.5, 0.6) is 0 Å². The standard InChI is InChI=1S/C10H17N3/c1-4-11-8(2)7-10-5-6-12-9(3)13-10/h5-6,8,11H,4,7H2,1-3H3. The van der Waals surface area contributed by atoms with Crippen molar-refractivity contribution in [3.8, 4) is 0 Å². The Kier molecular flexibility index (Phi) is 3.83. The van der Waals surface area contributed by atoms with E-state index in [4.69, 9.17) is 0 Å². The topological polar surface area (TPSA) is 37.8 Å². The van der Waals surface area contributed by atoms with Crippen LogP contribution in [0.25, 0.3) is 0 Å². The van der Waals surface area contributed by atoms with Crippen molar-refractivity contribution in [1.82, 2.24) is 15.3 Å². The SMILES string of the molecule is CCNC(C)Cc1ccnc(C)n1. The molecular weight excluding hydrogens is 162 g/mol. The van der Waals surface area contributed by atoms with Crippen LogP contribution in [0.3, 0.4) is 0 Å². The summed E-state index contributed by atoms with van der Waals surface area (Å²) in [6, 6.07) is 2.46. The molecule has 0 spiro atoms. The third kappa shape index (κ3) is 3.51. The highest BCUT2D eigenvalue weighted by molar-refractivity contribution is 5.03. The van der Waals surface area contributed by atoms with E-state index < -0.39 is 0 Å². The first-order chi connectivity index (χ1) is 6.22. The van der Waals surface area contributed by atoms with Crippen molar-refractivity contribution >= 4 is 0 Å². The van der Waals surface area contributed by atoms with Gasteiger partial charge >= 0.3 is 0 Å². The van der Waals surface area contributed by atoms with Crippen LogP contribution in [0, 0.1) is 6.92 Å². The number of nitrogens with zero attached hydrogens (tertiary/aromatic N) is 2. The molecule has 1 heterocycles. The molecule has 1 N–H and O–H groups in total. The maximum absolute atomic E-state index is 4.34. The molecule has 1 aromatic rings. The highest BCUT2D eigenvalue weighted by atomic mass is 14.9. The third-order valence-corrected chi connectivity index (χ3v) is 1.90. The van der Waals surface area contributed by atoms with Gasteiger partial charge in [-0.25, -0.2) is 9.97 Å². The van der Waals surface area contributed by atoms with Crippen molar-refractivity contribution in [3.05, 3.63) is 23.8 Å². The number of hydrogen-bond acceptors (Lipinski definition) is 3. The van der Waals surface area contributed by atoms with Crippen LogP contribution < -0.4 is 5.32 Å². The van der Waals surface area contributed by atoms with Gasteiger partial charge in [-0.2, -0.15) is 0 Å². The first-order valence-electron chi connectivity index (χ1n) is 4.74. The van der Waals surface area contributed by atoms with Crippen LogP contribution in [-0.4, -0.2) is 22.6 Å². The van der Waals surface area contributed by atoms with Gasteiger partial charge in [0, 0.05) is 24.4 Å². The summed E-state index contributed by atoms with van der Waals surface area (Å²) in [6.45, 7) is 7.20. The first-order valence-corrected chi connectivity index (χ1v) is 4.74. The van der Waals surface area contributed by atoms with Crippen LogP contribution in [0.2, 0.25) is 0 Å². The van der Waals surface area contributed by atoms with Crippen molar-refractivity contribution in [3.63, 3.8) is 0 Å². The molecule has 0 radical (unpaired) electrons. The Labute approximate surface area is 79.6 Å². The molecule has 1 rings (SSSR count). The van der Waals surface area contributed by atoms with Gasteiger partial charge in [0.1, 0.15) is 5.82 Å². The summed E-state index contributed by atoms with van der Waals surface area (Å²) in [5.41, 5.74) is 1.11. The lowest BCUT2D eigenvalue weighted by molar-refractivity contribution is 0.558. The second-order valence-corrected chi connectivity index (χ2v) is 3.26. The van der Waals surface area contributed by atoms with E-state index in [0.29, 0.717) is 6.04 Å². The van der Waals surface area contributed by atoms with Gasteiger partial charge < -0.3 is 5.32 Å². The normalized spacial score (nSPS) is 12.8. The second-order valence-electron chi connectivity index (χ2n) is 3.26.